The van der Waals surface area contributed by atoms with E-state index in [2.05, 4.69) is 16.7 Å². The average Bonchev–Trinajstić information content (AvgIpc) is 3.91. The lowest BCUT2D eigenvalue weighted by Crippen LogP contribution is -2.49. The van der Waals surface area contributed by atoms with Crippen molar-refractivity contribution in [3.05, 3.63) is 127 Å². The number of nitro groups is 2. The Hall–Kier alpha value is -6.98. The molecule has 0 radical (unpaired) electrons. The second-order valence-electron chi connectivity index (χ2n) is 17.7. The molecule has 0 bridgehead atoms. The minimum absolute atomic E-state index is 0.107. The van der Waals surface area contributed by atoms with E-state index in [9.17, 15) is 48.2 Å². The number of hydrogen-bond donors (Lipinski definition) is 0. The van der Waals surface area contributed by atoms with E-state index >= 15 is 0 Å². The number of carbonyl (C=O) groups excluding carboxylic acids is 4. The van der Waals surface area contributed by atoms with Gasteiger partial charge in [-0.2, -0.15) is 0 Å². The molecule has 16 nitrogen and oxygen atoms in total. The van der Waals surface area contributed by atoms with Crippen molar-refractivity contribution in [3.63, 3.8) is 0 Å². The van der Waals surface area contributed by atoms with E-state index in [1.54, 1.807) is 60.0 Å². The molecule has 0 N–H and O–H groups in total. The van der Waals surface area contributed by atoms with E-state index in [0.29, 0.717) is 105 Å². The first-order chi connectivity index (χ1) is 32.7. The fraction of sp³-hybridized carbons (Fsp3) is 0.440. The molecule has 0 spiro atoms. The third kappa shape index (κ3) is 11.1. The fourth-order valence-electron chi connectivity index (χ4n) is 9.30. The highest BCUT2D eigenvalue weighted by Gasteiger charge is 2.31. The molecule has 360 valence electrons. The van der Waals surface area contributed by atoms with Gasteiger partial charge >= 0.3 is 0 Å². The molecule has 4 aromatic rings. The maximum absolute atomic E-state index is 14.7. The monoisotopic (exact) mass is 936 g/mol. The van der Waals surface area contributed by atoms with Crippen LogP contribution in [0.3, 0.4) is 0 Å². The van der Waals surface area contributed by atoms with Crippen LogP contribution < -0.4 is 19.6 Å². The highest BCUT2D eigenvalue weighted by atomic mass is 19.1. The number of ketones is 2. The Bertz CT molecular complexity index is 2550. The number of carbonyl (C=O) groups is 4. The van der Waals surface area contributed by atoms with Gasteiger partial charge in [0, 0.05) is 127 Å². The van der Waals surface area contributed by atoms with Crippen LogP contribution >= 0.6 is 0 Å². The van der Waals surface area contributed by atoms with Crippen molar-refractivity contribution in [1.82, 2.24) is 9.80 Å². The Kier molecular flexibility index (Phi) is 15.7. The minimum Gasteiger partial charge on any atom is -0.371 e. The average molecular weight is 937 g/mol. The van der Waals surface area contributed by atoms with Crippen molar-refractivity contribution >= 4 is 57.5 Å². The van der Waals surface area contributed by atoms with Gasteiger partial charge in [-0.05, 0) is 80.1 Å². The van der Waals surface area contributed by atoms with Crippen molar-refractivity contribution in [2.45, 2.75) is 59.3 Å². The number of Topliss-reactive ketones (excluding diaryl/α,β-unsaturated/α-hetero) is 2. The summed E-state index contributed by atoms with van der Waals surface area (Å²) in [6.45, 7) is 12.1. The van der Waals surface area contributed by atoms with Crippen LogP contribution in [0.15, 0.2) is 72.8 Å². The second kappa shape index (κ2) is 21.8. The molecule has 0 aliphatic carbocycles. The van der Waals surface area contributed by atoms with Gasteiger partial charge in [0.2, 0.25) is 0 Å². The molecule has 4 aliphatic rings. The number of nitrogens with zero attached hydrogens (tertiary/aromatic N) is 8. The summed E-state index contributed by atoms with van der Waals surface area (Å²) in [6.07, 6.45) is 4.70. The molecule has 8 rings (SSSR count). The van der Waals surface area contributed by atoms with Crippen LogP contribution in [0.5, 0.6) is 0 Å². The van der Waals surface area contributed by atoms with Crippen LogP contribution in [0.2, 0.25) is 0 Å². The predicted molar refractivity (Wildman–Crippen MR) is 257 cm³/mol. The van der Waals surface area contributed by atoms with Crippen molar-refractivity contribution in [2.24, 2.45) is 5.92 Å². The quantitative estimate of drug-likeness (QED) is 0.0755. The van der Waals surface area contributed by atoms with Gasteiger partial charge in [-0.1, -0.05) is 20.8 Å². The summed E-state index contributed by atoms with van der Waals surface area (Å²) in [7, 11) is 0. The zero-order valence-corrected chi connectivity index (χ0v) is 38.8. The third-order valence-electron chi connectivity index (χ3n) is 13.4. The third-order valence-corrected chi connectivity index (χ3v) is 13.4. The molecule has 0 atom stereocenters. The minimum atomic E-state index is -0.488. The number of anilines is 4. The van der Waals surface area contributed by atoms with Gasteiger partial charge in [0.1, 0.15) is 11.6 Å². The first kappa shape index (κ1) is 48.9. The summed E-state index contributed by atoms with van der Waals surface area (Å²) in [5.41, 5.74) is 3.45. The highest BCUT2D eigenvalue weighted by molar-refractivity contribution is 6.02. The largest absolute Gasteiger partial charge is 0.371 e. The van der Waals surface area contributed by atoms with E-state index < -0.39 is 21.5 Å². The summed E-state index contributed by atoms with van der Waals surface area (Å²) >= 11 is 0. The number of hydrogen-bond acceptors (Lipinski definition) is 12. The molecule has 4 fully saturated rings. The lowest BCUT2D eigenvalue weighted by molar-refractivity contribution is -0.385. The number of rotatable bonds is 12. The molecule has 4 aliphatic heterocycles. The van der Waals surface area contributed by atoms with Gasteiger partial charge in [-0.3, -0.25) is 39.4 Å². The number of piperazine rings is 2. The summed E-state index contributed by atoms with van der Waals surface area (Å²) < 4.78 is 29.4. The van der Waals surface area contributed by atoms with E-state index in [1.165, 1.54) is 36.4 Å². The summed E-state index contributed by atoms with van der Waals surface area (Å²) in [5.74, 6) is -1.00. The van der Waals surface area contributed by atoms with Gasteiger partial charge < -0.3 is 29.4 Å². The normalized spacial score (nSPS) is 16.6. The maximum Gasteiger partial charge on any atom is 0.270 e. The van der Waals surface area contributed by atoms with Gasteiger partial charge in [0.25, 0.3) is 23.2 Å². The standard InChI is InChI=1S/C26H31FN4O4.C24H27FN4O4/c1-3-25(32)19-4-6-24(22(27)16-19)29-12-14-30(15-13-29)26(33)21-17-20(31(34)35)5-7-23(21)28-10-8-18(2)9-11-28;1-2-23(30)17-5-7-22(20(25)15-17)27-11-13-28(14-12-27)24(31)19-16-18(29(32)33)6-8-21(19)26-9-3-4-10-26/h4-7,16-18H,3,8-15H2,1-2H3;5-8,15-16H,2-4,9-14H2,1H3. The van der Waals surface area contributed by atoms with Crippen molar-refractivity contribution in [2.75, 3.05) is 98.1 Å². The summed E-state index contributed by atoms with van der Waals surface area (Å²) in [4.78, 5) is 83.6. The zero-order valence-electron chi connectivity index (χ0n) is 38.8. The van der Waals surface area contributed by atoms with E-state index in [-0.39, 0.29) is 34.8 Å². The second-order valence-corrected chi connectivity index (χ2v) is 17.7. The molecule has 18 heteroatoms. The topological polar surface area (TPSA) is 174 Å². The van der Waals surface area contributed by atoms with Gasteiger partial charge in [0.05, 0.1) is 43.7 Å². The highest BCUT2D eigenvalue weighted by Crippen LogP contribution is 2.33. The van der Waals surface area contributed by atoms with E-state index in [4.69, 9.17) is 0 Å². The molecule has 0 saturated carbocycles. The Labute approximate surface area is 394 Å². The van der Waals surface area contributed by atoms with E-state index in [1.807, 2.05) is 9.80 Å². The Morgan fingerprint density at radius 1 is 0.515 bits per heavy atom. The number of piperidine rings is 1. The smallest absolute Gasteiger partial charge is 0.270 e. The van der Waals surface area contributed by atoms with Crippen molar-refractivity contribution in [1.29, 1.82) is 0 Å². The molecular formula is C50H58F2N8O8. The van der Waals surface area contributed by atoms with Crippen LogP contribution in [-0.4, -0.2) is 122 Å². The molecule has 4 heterocycles. The Morgan fingerprint density at radius 3 is 1.22 bits per heavy atom. The van der Waals surface area contributed by atoms with Crippen LogP contribution in [0.25, 0.3) is 0 Å². The van der Waals surface area contributed by atoms with E-state index in [0.717, 1.165) is 63.2 Å². The van der Waals surface area contributed by atoms with Gasteiger partial charge in [-0.15, -0.1) is 0 Å². The first-order valence-electron chi connectivity index (χ1n) is 23.5. The predicted octanol–water partition coefficient (Wildman–Crippen LogP) is 8.41. The molecule has 4 aromatic carbocycles. The van der Waals surface area contributed by atoms with Crippen molar-refractivity contribution in [3.8, 4) is 0 Å². The molecular weight excluding hydrogens is 879 g/mol. The van der Waals surface area contributed by atoms with Crippen LogP contribution in [-0.2, 0) is 0 Å². The van der Waals surface area contributed by atoms with Gasteiger partial charge in [-0.25, -0.2) is 8.78 Å². The number of non-ortho nitro benzene ring substituents is 2. The van der Waals surface area contributed by atoms with Crippen LogP contribution in [0.1, 0.15) is 101 Å². The molecule has 0 unspecified atom stereocenters. The van der Waals surface area contributed by atoms with Gasteiger partial charge in [0.15, 0.2) is 11.6 Å². The molecule has 0 aromatic heterocycles. The molecule has 4 saturated heterocycles. The Morgan fingerprint density at radius 2 is 0.868 bits per heavy atom. The SMILES string of the molecule is CCC(=O)c1ccc(N2CCN(C(=O)c3cc([N+](=O)[O-])ccc3N3CCC(C)CC3)CC2)c(F)c1.CCC(=O)c1ccc(N2CCN(C(=O)c3cc([N+](=O)[O-])ccc3N3CCCC3)CC2)c(F)c1. The van der Waals surface area contributed by atoms with Crippen molar-refractivity contribution < 1.29 is 37.8 Å². The lowest BCUT2D eigenvalue weighted by Gasteiger charge is -2.37. The van der Waals surface area contributed by atoms with Crippen LogP contribution in [0.4, 0.5) is 42.9 Å². The number of amides is 2. The Balaban J connectivity index is 0.000000202. The molecule has 68 heavy (non-hydrogen) atoms. The number of benzene rings is 4. The molecule has 2 amide bonds. The maximum atomic E-state index is 14.7. The first-order valence-corrected chi connectivity index (χ1v) is 23.5. The number of nitro benzene ring substituents is 2. The zero-order chi connectivity index (χ0) is 48.6. The summed E-state index contributed by atoms with van der Waals surface area (Å²) in [5, 5.41) is 22.7. The van der Waals surface area contributed by atoms with Crippen LogP contribution in [0, 0.1) is 37.8 Å². The summed E-state index contributed by atoms with van der Waals surface area (Å²) in [6, 6.07) is 18.0. The number of halogens is 2. The fourth-order valence-corrected chi connectivity index (χ4v) is 9.30. The lowest BCUT2D eigenvalue weighted by atomic mass is 9.97.